The molecule has 0 spiro atoms. The zero-order chi connectivity index (χ0) is 21.1. The van der Waals surface area contributed by atoms with Crippen LogP contribution in [0, 0.1) is 12.8 Å². The first-order valence-electron chi connectivity index (χ1n) is 10.7. The molecular formula is C23H31Cl2N5O2. The summed E-state index contributed by atoms with van der Waals surface area (Å²) in [5.41, 5.74) is 2.65. The molecule has 0 saturated carbocycles. The molecule has 7 nitrogen and oxygen atoms in total. The molecule has 3 aromatic rings. The third kappa shape index (κ3) is 5.34. The second-order valence-electron chi connectivity index (χ2n) is 7.99. The molecule has 2 aromatic heterocycles. The van der Waals surface area contributed by atoms with Gasteiger partial charge in [-0.05, 0) is 69.5 Å². The van der Waals surface area contributed by atoms with Crippen molar-refractivity contribution in [3.05, 3.63) is 63.8 Å². The Labute approximate surface area is 200 Å². The number of piperidine rings is 1. The van der Waals surface area contributed by atoms with Crippen LogP contribution in [-0.2, 0) is 19.6 Å². The van der Waals surface area contributed by atoms with Crippen molar-refractivity contribution in [1.82, 2.24) is 24.8 Å². The standard InChI is InChI=1S/C23H29N5O2.2ClH/c1-3-28-19-9-5-4-8-18(19)26-20(28)14-25-22(29)21-16(2)10-12-27(23(21)30)15-17-7-6-11-24-13-17;;/h4-5,8-10,12,17,24H,3,6-7,11,13-15H2,1-2H3,(H,25,29);2*1H. The Morgan fingerprint density at radius 1 is 1.25 bits per heavy atom. The fourth-order valence-electron chi connectivity index (χ4n) is 4.30. The summed E-state index contributed by atoms with van der Waals surface area (Å²) >= 11 is 0. The normalized spacial score (nSPS) is 15.6. The molecule has 0 bridgehead atoms. The fourth-order valence-corrected chi connectivity index (χ4v) is 4.30. The second kappa shape index (κ2) is 11.5. The number of aryl methyl sites for hydroxylation is 2. The second-order valence-corrected chi connectivity index (χ2v) is 7.99. The lowest BCUT2D eigenvalue weighted by Gasteiger charge is -2.23. The van der Waals surface area contributed by atoms with Crippen LogP contribution >= 0.6 is 24.8 Å². The molecular weight excluding hydrogens is 449 g/mol. The van der Waals surface area contributed by atoms with Crippen LogP contribution in [0.25, 0.3) is 11.0 Å². The lowest BCUT2D eigenvalue weighted by molar-refractivity contribution is 0.0946. The highest BCUT2D eigenvalue weighted by Gasteiger charge is 2.19. The van der Waals surface area contributed by atoms with Crippen molar-refractivity contribution >= 4 is 41.8 Å². The fraction of sp³-hybridized carbons (Fsp3) is 0.435. The van der Waals surface area contributed by atoms with E-state index in [4.69, 9.17) is 0 Å². The molecule has 1 unspecified atom stereocenters. The summed E-state index contributed by atoms with van der Waals surface area (Å²) < 4.78 is 3.77. The molecule has 3 heterocycles. The van der Waals surface area contributed by atoms with Gasteiger partial charge in [-0.3, -0.25) is 9.59 Å². The largest absolute Gasteiger partial charge is 0.345 e. The van der Waals surface area contributed by atoms with Gasteiger partial charge in [0.05, 0.1) is 17.6 Å². The summed E-state index contributed by atoms with van der Waals surface area (Å²) in [7, 11) is 0. The maximum atomic E-state index is 13.0. The van der Waals surface area contributed by atoms with E-state index in [1.54, 1.807) is 10.8 Å². The van der Waals surface area contributed by atoms with Crippen LogP contribution in [0.4, 0.5) is 0 Å². The van der Waals surface area contributed by atoms with Crippen molar-refractivity contribution in [3.63, 3.8) is 0 Å². The SMILES string of the molecule is CCn1c(CNC(=O)c2c(C)ccn(CC3CCCNC3)c2=O)nc2ccccc21.Cl.Cl. The van der Waals surface area contributed by atoms with Gasteiger partial charge in [0.2, 0.25) is 0 Å². The minimum absolute atomic E-state index is 0. The molecule has 1 aliphatic heterocycles. The van der Waals surface area contributed by atoms with E-state index in [1.807, 2.05) is 37.3 Å². The highest BCUT2D eigenvalue weighted by atomic mass is 35.5. The Hall–Kier alpha value is -2.35. The third-order valence-electron chi connectivity index (χ3n) is 5.91. The van der Waals surface area contributed by atoms with Crippen LogP contribution in [0.15, 0.2) is 41.3 Å². The molecule has 1 amide bonds. The number of amides is 1. The van der Waals surface area contributed by atoms with Crippen molar-refractivity contribution in [2.24, 2.45) is 5.92 Å². The summed E-state index contributed by atoms with van der Waals surface area (Å²) in [6, 6.07) is 9.78. The first-order chi connectivity index (χ1) is 14.6. The molecule has 4 rings (SSSR count). The zero-order valence-electron chi connectivity index (χ0n) is 18.5. The lowest BCUT2D eigenvalue weighted by atomic mass is 9.99. The van der Waals surface area contributed by atoms with Crippen molar-refractivity contribution in [1.29, 1.82) is 0 Å². The number of nitrogens with zero attached hydrogens (tertiary/aromatic N) is 3. The van der Waals surface area contributed by atoms with Gasteiger partial charge in [-0.2, -0.15) is 0 Å². The molecule has 0 radical (unpaired) electrons. The van der Waals surface area contributed by atoms with Crippen molar-refractivity contribution in [3.8, 4) is 0 Å². The van der Waals surface area contributed by atoms with Crippen molar-refractivity contribution in [2.45, 2.75) is 46.3 Å². The third-order valence-corrected chi connectivity index (χ3v) is 5.91. The van der Waals surface area contributed by atoms with E-state index in [0.29, 0.717) is 18.0 Å². The van der Waals surface area contributed by atoms with E-state index < -0.39 is 0 Å². The number of aromatic nitrogens is 3. The van der Waals surface area contributed by atoms with E-state index in [2.05, 4.69) is 27.1 Å². The topological polar surface area (TPSA) is 81.0 Å². The number of fused-ring (bicyclic) bond motifs is 1. The Morgan fingerprint density at radius 3 is 2.75 bits per heavy atom. The van der Waals surface area contributed by atoms with Gasteiger partial charge in [0.1, 0.15) is 11.4 Å². The Balaban J connectivity index is 0.00000181. The Morgan fingerprint density at radius 2 is 2.03 bits per heavy atom. The predicted molar refractivity (Wildman–Crippen MR) is 132 cm³/mol. The highest BCUT2D eigenvalue weighted by molar-refractivity contribution is 5.95. The molecule has 32 heavy (non-hydrogen) atoms. The summed E-state index contributed by atoms with van der Waals surface area (Å²) in [6.07, 6.45) is 4.03. The lowest BCUT2D eigenvalue weighted by Crippen LogP contribution is -2.38. The van der Waals surface area contributed by atoms with E-state index in [1.165, 1.54) is 0 Å². The predicted octanol–water partition coefficient (Wildman–Crippen LogP) is 3.30. The van der Waals surface area contributed by atoms with E-state index >= 15 is 0 Å². The summed E-state index contributed by atoms with van der Waals surface area (Å²) in [4.78, 5) is 30.6. The number of halogens is 2. The number of rotatable bonds is 6. The Bertz CT molecular complexity index is 1120. The maximum absolute atomic E-state index is 13.0. The smallest absolute Gasteiger partial charge is 0.263 e. The van der Waals surface area contributed by atoms with Crippen LogP contribution in [0.5, 0.6) is 0 Å². The van der Waals surface area contributed by atoms with E-state index in [0.717, 1.165) is 49.3 Å². The maximum Gasteiger partial charge on any atom is 0.263 e. The Kier molecular flexibility index (Phi) is 9.31. The van der Waals surface area contributed by atoms with Gasteiger partial charge in [0.25, 0.3) is 11.5 Å². The molecule has 0 aliphatic carbocycles. The summed E-state index contributed by atoms with van der Waals surface area (Å²) in [5.74, 6) is 0.858. The number of para-hydroxylation sites is 2. The number of nitrogens with one attached hydrogen (secondary N) is 2. The molecule has 1 atom stereocenters. The number of imidazole rings is 1. The van der Waals surface area contributed by atoms with Crippen molar-refractivity contribution in [2.75, 3.05) is 13.1 Å². The summed E-state index contributed by atoms with van der Waals surface area (Å²) in [5, 5.41) is 6.30. The van der Waals surface area contributed by atoms with Gasteiger partial charge in [-0.25, -0.2) is 4.98 Å². The van der Waals surface area contributed by atoms with Gasteiger partial charge in [-0.15, -0.1) is 24.8 Å². The van der Waals surface area contributed by atoms with Gasteiger partial charge >= 0.3 is 0 Å². The number of carbonyl (C=O) groups is 1. The van der Waals surface area contributed by atoms with E-state index in [9.17, 15) is 9.59 Å². The quantitative estimate of drug-likeness (QED) is 0.568. The van der Waals surface area contributed by atoms with Crippen LogP contribution < -0.4 is 16.2 Å². The van der Waals surface area contributed by atoms with Crippen LogP contribution in [0.2, 0.25) is 0 Å². The molecule has 9 heteroatoms. The number of pyridine rings is 1. The first kappa shape index (κ1) is 25.9. The number of benzene rings is 1. The zero-order valence-corrected chi connectivity index (χ0v) is 20.1. The van der Waals surface area contributed by atoms with Crippen LogP contribution in [-0.4, -0.2) is 33.1 Å². The average molecular weight is 480 g/mol. The van der Waals surface area contributed by atoms with Gasteiger partial charge in [0.15, 0.2) is 0 Å². The molecule has 1 aromatic carbocycles. The van der Waals surface area contributed by atoms with Gasteiger partial charge in [-0.1, -0.05) is 12.1 Å². The van der Waals surface area contributed by atoms with Gasteiger partial charge in [0, 0.05) is 19.3 Å². The first-order valence-corrected chi connectivity index (χ1v) is 10.7. The van der Waals surface area contributed by atoms with E-state index in [-0.39, 0.29) is 48.4 Å². The molecule has 1 saturated heterocycles. The minimum atomic E-state index is -0.344. The minimum Gasteiger partial charge on any atom is -0.345 e. The highest BCUT2D eigenvalue weighted by Crippen LogP contribution is 2.16. The van der Waals surface area contributed by atoms with Crippen molar-refractivity contribution < 1.29 is 4.79 Å². The summed E-state index contributed by atoms with van der Waals surface area (Å²) in [6.45, 7) is 7.49. The molecule has 2 N–H and O–H groups in total. The average Bonchev–Trinajstić information content (AvgIpc) is 3.12. The monoisotopic (exact) mass is 479 g/mol. The number of hydrogen-bond donors (Lipinski definition) is 2. The van der Waals surface area contributed by atoms with Crippen LogP contribution in [0.1, 0.15) is 41.5 Å². The van der Waals surface area contributed by atoms with Gasteiger partial charge < -0.3 is 19.8 Å². The molecule has 1 aliphatic rings. The molecule has 174 valence electrons. The van der Waals surface area contributed by atoms with Crippen LogP contribution in [0.3, 0.4) is 0 Å². The molecule has 1 fully saturated rings. The number of carbonyl (C=O) groups excluding carboxylic acids is 1. The number of hydrogen-bond acceptors (Lipinski definition) is 4.